The number of amides is 1. The summed E-state index contributed by atoms with van der Waals surface area (Å²) in [5.74, 6) is 2.30. The second-order valence-electron chi connectivity index (χ2n) is 9.02. The monoisotopic (exact) mass is 364 g/mol. The lowest BCUT2D eigenvalue weighted by molar-refractivity contribution is -0.125. The fraction of sp³-hybridized carbons (Fsp3) is 0.950. The van der Waals surface area contributed by atoms with Gasteiger partial charge in [-0.3, -0.25) is 14.9 Å². The molecule has 8 atom stereocenters. The average Bonchev–Trinajstić information content (AvgIpc) is 3.28. The molecule has 7 unspecified atom stereocenters. The molecule has 0 spiro atoms. The summed E-state index contributed by atoms with van der Waals surface area (Å²) >= 11 is 0. The van der Waals surface area contributed by atoms with E-state index in [-0.39, 0.29) is 18.2 Å². The minimum atomic E-state index is 0.0177. The maximum Gasteiger partial charge on any atom is 0.237 e. The molecule has 0 aromatic rings. The Morgan fingerprint density at radius 2 is 1.92 bits per heavy atom. The molecule has 2 saturated carbocycles. The Morgan fingerprint density at radius 3 is 2.69 bits per heavy atom. The second kappa shape index (κ2) is 8.13. The topological polar surface area (TPSA) is 74.4 Å². The molecule has 6 heteroatoms. The van der Waals surface area contributed by atoms with Gasteiger partial charge in [-0.15, -0.1) is 0 Å². The maximum atomic E-state index is 12.7. The quantitative estimate of drug-likeness (QED) is 0.614. The van der Waals surface area contributed by atoms with Crippen LogP contribution in [0, 0.1) is 17.8 Å². The normalized spacial score (nSPS) is 46.1. The molecule has 0 radical (unpaired) electrons. The minimum absolute atomic E-state index is 0.0177. The third-order valence-electron chi connectivity index (χ3n) is 7.25. The molecular formula is C20H36N4O2. The van der Waals surface area contributed by atoms with E-state index in [0.29, 0.717) is 30.1 Å². The molecule has 0 aromatic carbocycles. The highest BCUT2D eigenvalue weighted by Crippen LogP contribution is 2.45. The van der Waals surface area contributed by atoms with Gasteiger partial charge in [-0.05, 0) is 82.5 Å². The van der Waals surface area contributed by atoms with Gasteiger partial charge in [0.2, 0.25) is 5.91 Å². The Hall–Kier alpha value is -0.690. The van der Waals surface area contributed by atoms with Gasteiger partial charge in [0.1, 0.15) is 6.23 Å². The van der Waals surface area contributed by atoms with Gasteiger partial charge >= 0.3 is 0 Å². The van der Waals surface area contributed by atoms with Crippen molar-refractivity contribution in [1.29, 1.82) is 0 Å². The molecule has 0 aromatic heterocycles. The van der Waals surface area contributed by atoms with E-state index >= 15 is 0 Å². The third kappa shape index (κ3) is 3.93. The van der Waals surface area contributed by atoms with Gasteiger partial charge in [0.15, 0.2) is 0 Å². The first-order valence-corrected chi connectivity index (χ1v) is 10.9. The summed E-state index contributed by atoms with van der Waals surface area (Å²) in [5.41, 5.74) is 3.21. The van der Waals surface area contributed by atoms with Gasteiger partial charge in [-0.25, -0.2) is 0 Å². The summed E-state index contributed by atoms with van der Waals surface area (Å²) in [6, 6.07) is 0.868. The van der Waals surface area contributed by atoms with Gasteiger partial charge < -0.3 is 10.6 Å². The van der Waals surface area contributed by atoms with Crippen molar-refractivity contribution in [2.45, 2.75) is 102 Å². The van der Waals surface area contributed by atoms with Crippen LogP contribution in [0.1, 0.15) is 71.6 Å². The van der Waals surface area contributed by atoms with Crippen molar-refractivity contribution < 1.29 is 9.63 Å². The molecule has 2 aliphatic heterocycles. The Bertz CT molecular complexity index is 502. The first-order valence-electron chi connectivity index (χ1n) is 10.9. The average molecular weight is 365 g/mol. The lowest BCUT2D eigenvalue weighted by atomic mass is 9.73. The van der Waals surface area contributed by atoms with Crippen LogP contribution in [0.25, 0.3) is 0 Å². The van der Waals surface area contributed by atoms with Crippen molar-refractivity contribution in [2.24, 2.45) is 17.8 Å². The molecule has 4 N–H and O–H groups in total. The van der Waals surface area contributed by atoms with Crippen LogP contribution in [-0.4, -0.2) is 36.4 Å². The zero-order valence-corrected chi connectivity index (χ0v) is 16.3. The van der Waals surface area contributed by atoms with Crippen LogP contribution in [0.4, 0.5) is 0 Å². The number of hydrogen-bond donors (Lipinski definition) is 4. The molecule has 0 bridgehead atoms. The molecular weight excluding hydrogens is 328 g/mol. The van der Waals surface area contributed by atoms with Crippen molar-refractivity contribution in [2.75, 3.05) is 0 Å². The highest BCUT2D eigenvalue weighted by atomic mass is 16.7. The van der Waals surface area contributed by atoms with Gasteiger partial charge in [-0.1, -0.05) is 6.92 Å². The third-order valence-corrected chi connectivity index (χ3v) is 7.25. The molecule has 4 fully saturated rings. The van der Waals surface area contributed by atoms with Crippen LogP contribution in [0.15, 0.2) is 0 Å². The molecule has 1 amide bonds. The molecule has 2 heterocycles. The van der Waals surface area contributed by atoms with Gasteiger partial charge in [0.25, 0.3) is 0 Å². The van der Waals surface area contributed by atoms with Crippen molar-refractivity contribution >= 4 is 5.91 Å². The fourth-order valence-corrected chi connectivity index (χ4v) is 5.76. The first kappa shape index (κ1) is 18.7. The number of hydroxylamine groups is 1. The Morgan fingerprint density at radius 1 is 1.08 bits per heavy atom. The molecule has 2 saturated heterocycles. The first-order chi connectivity index (χ1) is 12.6. The molecule has 26 heavy (non-hydrogen) atoms. The minimum Gasteiger partial charge on any atom is -0.352 e. The standard InChI is InChI=1S/C20H36N4O2/c1-3-18-23-19(24-26-18)14-7-9-15-13(11-14)8-10-16(15)22-20(25)17-6-4-5-12(2)21-17/h12-19,21,23-24H,3-11H2,1-2H3,(H,22,25)/t12?,13?,14?,15?,16-,17?,18?,19?/m1/s1. The van der Waals surface area contributed by atoms with Crippen molar-refractivity contribution in [3.63, 3.8) is 0 Å². The molecule has 6 nitrogen and oxygen atoms in total. The summed E-state index contributed by atoms with van der Waals surface area (Å²) < 4.78 is 0. The maximum absolute atomic E-state index is 12.7. The molecule has 4 rings (SSSR count). The van der Waals surface area contributed by atoms with Gasteiger partial charge in [0.05, 0.1) is 12.2 Å². The van der Waals surface area contributed by atoms with Crippen molar-refractivity contribution in [1.82, 2.24) is 21.4 Å². The van der Waals surface area contributed by atoms with E-state index < -0.39 is 0 Å². The zero-order valence-electron chi connectivity index (χ0n) is 16.3. The summed E-state index contributed by atoms with van der Waals surface area (Å²) in [6.45, 7) is 4.33. The van der Waals surface area contributed by atoms with Gasteiger partial charge in [-0.2, -0.15) is 5.48 Å². The van der Waals surface area contributed by atoms with E-state index in [2.05, 4.69) is 35.3 Å². The highest BCUT2D eigenvalue weighted by molar-refractivity contribution is 5.82. The summed E-state index contributed by atoms with van der Waals surface area (Å²) in [5, 5.41) is 10.5. The van der Waals surface area contributed by atoms with Crippen LogP contribution in [0.3, 0.4) is 0 Å². The van der Waals surface area contributed by atoms with Crippen LogP contribution in [0.2, 0.25) is 0 Å². The number of rotatable bonds is 4. The van der Waals surface area contributed by atoms with Crippen LogP contribution in [0.5, 0.6) is 0 Å². The lowest BCUT2D eigenvalue weighted by Gasteiger charge is -2.37. The Balaban J connectivity index is 1.28. The van der Waals surface area contributed by atoms with Crippen molar-refractivity contribution in [3.8, 4) is 0 Å². The Labute approximate surface area is 157 Å². The second-order valence-corrected chi connectivity index (χ2v) is 9.02. The predicted octanol–water partition coefficient (Wildman–Crippen LogP) is 2.01. The highest BCUT2D eigenvalue weighted by Gasteiger charge is 2.44. The number of carbonyl (C=O) groups excluding carboxylic acids is 1. The number of fused-ring (bicyclic) bond motifs is 1. The number of carbonyl (C=O) groups is 1. The van der Waals surface area contributed by atoms with Crippen LogP contribution < -0.4 is 21.4 Å². The predicted molar refractivity (Wildman–Crippen MR) is 101 cm³/mol. The zero-order chi connectivity index (χ0) is 18.1. The van der Waals surface area contributed by atoms with Gasteiger partial charge in [0, 0.05) is 12.1 Å². The molecule has 148 valence electrons. The van der Waals surface area contributed by atoms with E-state index in [1.54, 1.807) is 0 Å². The SMILES string of the molecule is CCC1NC(C2CCC3C(CC[C@H]3NC(=O)C3CCCC(C)N3)C2)NO1. The molecule has 4 aliphatic rings. The van der Waals surface area contributed by atoms with E-state index in [1.807, 2.05) is 0 Å². The fourth-order valence-electron chi connectivity index (χ4n) is 5.76. The van der Waals surface area contributed by atoms with E-state index in [0.717, 1.165) is 31.6 Å². The lowest BCUT2D eigenvalue weighted by Crippen LogP contribution is -2.53. The summed E-state index contributed by atoms with van der Waals surface area (Å²) in [6.07, 6.45) is 10.9. The summed E-state index contributed by atoms with van der Waals surface area (Å²) in [4.78, 5) is 18.3. The summed E-state index contributed by atoms with van der Waals surface area (Å²) in [7, 11) is 0. The van der Waals surface area contributed by atoms with E-state index in [1.165, 1.54) is 32.1 Å². The number of nitrogens with one attached hydrogen (secondary N) is 4. The number of piperidine rings is 1. The van der Waals surface area contributed by atoms with Crippen LogP contribution in [-0.2, 0) is 9.63 Å². The van der Waals surface area contributed by atoms with E-state index in [4.69, 9.17) is 4.84 Å². The Kier molecular flexibility index (Phi) is 5.84. The number of hydrogen-bond acceptors (Lipinski definition) is 5. The van der Waals surface area contributed by atoms with Crippen LogP contribution >= 0.6 is 0 Å². The van der Waals surface area contributed by atoms with E-state index in [9.17, 15) is 4.79 Å². The largest absolute Gasteiger partial charge is 0.352 e. The smallest absolute Gasteiger partial charge is 0.237 e. The van der Waals surface area contributed by atoms with Crippen molar-refractivity contribution in [3.05, 3.63) is 0 Å². The molecule has 2 aliphatic carbocycles.